The van der Waals surface area contributed by atoms with Crippen molar-refractivity contribution in [3.05, 3.63) is 23.8 Å². The van der Waals surface area contributed by atoms with E-state index in [0.717, 1.165) is 0 Å². The van der Waals surface area contributed by atoms with E-state index < -0.39 is 22.4 Å². The molecule has 3 rings (SSSR count). The Kier molecular flexibility index (Phi) is 2.10. The minimum absolute atomic E-state index is 0.0601. The molecule has 2 aliphatic heterocycles. The van der Waals surface area contributed by atoms with Crippen LogP contribution in [0.3, 0.4) is 0 Å². The lowest BCUT2D eigenvalue weighted by Gasteiger charge is -2.28. The Labute approximate surface area is 102 Å². The fourth-order valence-electron chi connectivity index (χ4n) is 1.85. The van der Waals surface area contributed by atoms with E-state index in [2.05, 4.69) is 15.7 Å². The number of amides is 1. The molecule has 0 bridgehead atoms. The van der Waals surface area contributed by atoms with Crippen LogP contribution in [-0.2, 0) is 10.3 Å². The number of carbonyl (C=O) groups is 1. The highest BCUT2D eigenvalue weighted by Crippen LogP contribution is 2.32. The highest BCUT2D eigenvalue weighted by molar-refractivity contribution is 7.73. The van der Waals surface area contributed by atoms with Gasteiger partial charge in [0.2, 0.25) is 15.3 Å². The van der Waals surface area contributed by atoms with Gasteiger partial charge in [0, 0.05) is 0 Å². The van der Waals surface area contributed by atoms with Crippen LogP contribution in [0.4, 0.5) is 5.69 Å². The molecule has 1 unspecified atom stereocenters. The molecule has 0 aliphatic carbocycles. The second kappa shape index (κ2) is 3.53. The number of nitrogens with one attached hydrogen (secondary N) is 1. The minimum Gasteiger partial charge on any atom is -0.508 e. The third-order valence-electron chi connectivity index (χ3n) is 2.63. The summed E-state index contributed by atoms with van der Waals surface area (Å²) in [5, 5.41) is 20.3. The molecule has 18 heavy (non-hydrogen) atoms. The van der Waals surface area contributed by atoms with Gasteiger partial charge in [-0.3, -0.25) is 4.79 Å². The molecule has 8 nitrogen and oxygen atoms in total. The Balaban J connectivity index is 2.19. The van der Waals surface area contributed by atoms with Crippen LogP contribution in [0.5, 0.6) is 5.75 Å². The number of phenolic OH excluding ortho intramolecular Hbond substituents is 1. The number of hydrogen-bond acceptors (Lipinski definition) is 6. The molecule has 92 valence electrons. The Morgan fingerprint density at radius 3 is 2.89 bits per heavy atom. The third-order valence-corrected chi connectivity index (χ3v) is 3.27. The first-order valence-corrected chi connectivity index (χ1v) is 5.96. The Bertz CT molecular complexity index is 716. The first-order chi connectivity index (χ1) is 8.58. The monoisotopic (exact) mass is 266 g/mol. The van der Waals surface area contributed by atoms with Gasteiger partial charge >= 0.3 is 0 Å². The molecule has 2 N–H and O–H groups in total. The van der Waals surface area contributed by atoms with Gasteiger partial charge in [-0.05, 0) is 18.2 Å². The Morgan fingerprint density at radius 1 is 1.39 bits per heavy atom. The third kappa shape index (κ3) is 1.37. The zero-order valence-corrected chi connectivity index (χ0v) is 9.55. The van der Waals surface area contributed by atoms with E-state index in [0.29, 0.717) is 5.69 Å². The lowest BCUT2D eigenvalue weighted by atomic mass is 10.1. The standard InChI is InChI=1S/C9H6N4O4S/c14-4-1-2-6-5(3-4)8(15)10-7-9(18(16)17)11-12-13(6)7/h1-3,7,14H,(H,10,15). The molecule has 1 atom stereocenters. The van der Waals surface area contributed by atoms with Crippen LogP contribution < -0.4 is 10.3 Å². The lowest BCUT2D eigenvalue weighted by Crippen LogP contribution is -2.52. The van der Waals surface area contributed by atoms with Crippen molar-refractivity contribution in [1.82, 2.24) is 5.32 Å². The van der Waals surface area contributed by atoms with Crippen LogP contribution in [-0.4, -0.2) is 30.6 Å². The molecule has 2 heterocycles. The molecular formula is C9H6N4O4S. The molecule has 0 saturated heterocycles. The maximum absolute atomic E-state index is 11.8. The summed E-state index contributed by atoms with van der Waals surface area (Å²) in [4.78, 5) is 11.6. The molecule has 1 amide bonds. The highest BCUT2D eigenvalue weighted by atomic mass is 32.2. The number of hydrogen-bond donors (Lipinski definition) is 2. The van der Waals surface area contributed by atoms with Crippen molar-refractivity contribution in [1.29, 1.82) is 0 Å². The Morgan fingerprint density at radius 2 is 2.17 bits per heavy atom. The van der Waals surface area contributed by atoms with Crippen LogP contribution >= 0.6 is 0 Å². The van der Waals surface area contributed by atoms with Gasteiger partial charge in [0.1, 0.15) is 5.75 Å². The fourth-order valence-corrected chi connectivity index (χ4v) is 2.29. The maximum atomic E-state index is 11.8. The molecule has 0 fully saturated rings. The van der Waals surface area contributed by atoms with E-state index in [-0.39, 0.29) is 16.3 Å². The molecule has 0 radical (unpaired) electrons. The number of phenols is 1. The van der Waals surface area contributed by atoms with Gasteiger partial charge < -0.3 is 10.4 Å². The highest BCUT2D eigenvalue weighted by Gasteiger charge is 2.39. The number of benzene rings is 1. The number of nitrogens with zero attached hydrogens (tertiary/aromatic N) is 3. The normalized spacial score (nSPS) is 20.4. The van der Waals surface area contributed by atoms with Gasteiger partial charge in [-0.15, -0.1) is 5.11 Å². The van der Waals surface area contributed by atoms with Crippen LogP contribution in [0, 0.1) is 0 Å². The summed E-state index contributed by atoms with van der Waals surface area (Å²) in [6.45, 7) is 0. The molecule has 0 aromatic heterocycles. The number of aromatic hydroxyl groups is 1. The average Bonchev–Trinajstić information content (AvgIpc) is 2.73. The number of anilines is 1. The number of rotatable bonds is 0. The fraction of sp³-hybridized carbons (Fsp3) is 0.111. The summed E-state index contributed by atoms with van der Waals surface area (Å²) in [5.41, 5.74) is 0.605. The van der Waals surface area contributed by atoms with Gasteiger partial charge in [0.25, 0.3) is 5.91 Å². The minimum atomic E-state index is -2.55. The van der Waals surface area contributed by atoms with Gasteiger partial charge in [0.05, 0.1) is 11.3 Å². The molecule has 1 aromatic rings. The molecule has 9 heteroatoms. The van der Waals surface area contributed by atoms with E-state index in [1.54, 1.807) is 0 Å². The van der Waals surface area contributed by atoms with Crippen LogP contribution in [0.25, 0.3) is 0 Å². The van der Waals surface area contributed by atoms with Gasteiger partial charge in [-0.2, -0.15) is 8.42 Å². The van der Waals surface area contributed by atoms with Crippen molar-refractivity contribution >= 4 is 26.9 Å². The van der Waals surface area contributed by atoms with Crippen molar-refractivity contribution in [2.45, 2.75) is 6.17 Å². The molecule has 2 aliphatic rings. The molecule has 0 saturated carbocycles. The average molecular weight is 266 g/mol. The molecule has 1 aromatic carbocycles. The largest absolute Gasteiger partial charge is 0.508 e. The van der Waals surface area contributed by atoms with Gasteiger partial charge in [0.15, 0.2) is 6.17 Å². The van der Waals surface area contributed by atoms with E-state index in [9.17, 15) is 18.3 Å². The predicted molar refractivity (Wildman–Crippen MR) is 60.6 cm³/mol. The van der Waals surface area contributed by atoms with Crippen LogP contribution in [0.1, 0.15) is 10.4 Å². The van der Waals surface area contributed by atoms with Crippen LogP contribution in [0.2, 0.25) is 0 Å². The first-order valence-electron chi connectivity index (χ1n) is 4.89. The van der Waals surface area contributed by atoms with E-state index >= 15 is 0 Å². The zero-order valence-electron chi connectivity index (χ0n) is 8.73. The first kappa shape index (κ1) is 10.7. The lowest BCUT2D eigenvalue weighted by molar-refractivity contribution is 0.0940. The summed E-state index contributed by atoms with van der Waals surface area (Å²) < 4.78 is 21.8. The number of fused-ring (bicyclic) bond motifs is 3. The van der Waals surface area contributed by atoms with Crippen molar-refractivity contribution in [2.24, 2.45) is 10.3 Å². The predicted octanol–water partition coefficient (Wildman–Crippen LogP) is -0.342. The van der Waals surface area contributed by atoms with Gasteiger partial charge in [-0.1, -0.05) is 5.22 Å². The van der Waals surface area contributed by atoms with Gasteiger partial charge in [-0.25, -0.2) is 5.01 Å². The quantitative estimate of drug-likeness (QED) is 0.624. The summed E-state index contributed by atoms with van der Waals surface area (Å²) >= 11 is 0. The summed E-state index contributed by atoms with van der Waals surface area (Å²) in [5.74, 6) is -0.549. The Hall–Kier alpha value is -2.42. The molecular weight excluding hydrogens is 260 g/mol. The van der Waals surface area contributed by atoms with Crippen molar-refractivity contribution in [3.63, 3.8) is 0 Å². The summed E-state index contributed by atoms with van der Waals surface area (Å²) in [7, 11) is -2.55. The number of carbonyl (C=O) groups excluding carboxylic acids is 1. The smallest absolute Gasteiger partial charge is 0.255 e. The second-order valence-corrected chi connectivity index (χ2v) is 4.57. The zero-order chi connectivity index (χ0) is 12.9. The summed E-state index contributed by atoms with van der Waals surface area (Å²) in [6, 6.07) is 4.14. The molecule has 0 spiro atoms. The summed E-state index contributed by atoms with van der Waals surface area (Å²) in [6.07, 6.45) is -0.923. The van der Waals surface area contributed by atoms with E-state index in [1.807, 2.05) is 0 Å². The SMILES string of the molecule is O=C1NC2C(=S(=O)=O)N=NN2c2ccc(O)cc21. The topological polar surface area (TPSA) is 111 Å². The van der Waals surface area contributed by atoms with E-state index in [1.165, 1.54) is 23.2 Å². The van der Waals surface area contributed by atoms with Crippen molar-refractivity contribution in [3.8, 4) is 5.75 Å². The second-order valence-electron chi connectivity index (χ2n) is 3.68. The van der Waals surface area contributed by atoms with Crippen molar-refractivity contribution < 1.29 is 18.3 Å². The van der Waals surface area contributed by atoms with Crippen molar-refractivity contribution in [2.75, 3.05) is 5.01 Å². The maximum Gasteiger partial charge on any atom is 0.255 e. The van der Waals surface area contributed by atoms with E-state index in [4.69, 9.17) is 0 Å². The van der Waals surface area contributed by atoms with Crippen LogP contribution in [0.15, 0.2) is 28.5 Å².